The summed E-state index contributed by atoms with van der Waals surface area (Å²) in [6.07, 6.45) is 0. The molecule has 0 aliphatic heterocycles. The molecule has 0 spiro atoms. The third-order valence-corrected chi connectivity index (χ3v) is 0. The summed E-state index contributed by atoms with van der Waals surface area (Å²) in [7, 11) is -5.17. The molecule has 0 N–H and O–H groups in total. The standard InChI is InChI=1S/Cu.H2O4S.Zn/c;1-5(2,3)4;/h;(H2,1,2,3,4);/q+1;;+2/p-2. The summed E-state index contributed by atoms with van der Waals surface area (Å²) >= 11 is 0. The van der Waals surface area contributed by atoms with Gasteiger partial charge in [0, 0.05) is 10.4 Å². The quantitative estimate of drug-likeness (QED) is 0.290. The largest absolute Gasteiger partial charge is 2.00 e. The zero-order valence-corrected chi connectivity index (χ0v) is 7.78. The molecule has 7 heavy (non-hydrogen) atoms. The van der Waals surface area contributed by atoms with Crippen molar-refractivity contribution in [1.29, 1.82) is 0 Å². The van der Waals surface area contributed by atoms with Crippen LogP contribution in [0.4, 0.5) is 0 Å². The normalized spacial score (nSPS) is 8.29. The molecule has 0 amide bonds. The maximum absolute atomic E-state index is 8.52. The van der Waals surface area contributed by atoms with Gasteiger partial charge in [-0.1, -0.05) is 0 Å². The van der Waals surface area contributed by atoms with Gasteiger partial charge in [-0.15, -0.1) is 0 Å². The van der Waals surface area contributed by atoms with Crippen LogP contribution in [0.3, 0.4) is 0 Å². The molecule has 0 aliphatic rings. The first-order valence-corrected chi connectivity index (χ1v) is 2.00. The van der Waals surface area contributed by atoms with Crippen LogP contribution < -0.4 is 0 Å². The van der Waals surface area contributed by atoms with Crippen LogP contribution in [-0.4, -0.2) is 17.5 Å². The molecule has 0 atom stereocenters. The average molecular weight is 225 g/mol. The van der Waals surface area contributed by atoms with E-state index in [9.17, 15) is 0 Å². The van der Waals surface area contributed by atoms with Gasteiger partial charge in [0.15, 0.2) is 0 Å². The predicted octanol–water partition coefficient (Wildman–Crippen LogP) is -1.34. The Morgan fingerprint density at radius 1 is 1.14 bits per heavy atom. The van der Waals surface area contributed by atoms with Gasteiger partial charge in [-0.3, -0.25) is 8.42 Å². The van der Waals surface area contributed by atoms with E-state index < -0.39 is 10.4 Å². The summed E-state index contributed by atoms with van der Waals surface area (Å²) in [5.41, 5.74) is 0. The molecule has 0 fully saturated rings. The molecule has 0 rings (SSSR count). The van der Waals surface area contributed by atoms with Crippen molar-refractivity contribution in [3.63, 3.8) is 0 Å². The van der Waals surface area contributed by atoms with Gasteiger partial charge in [-0.25, -0.2) is 0 Å². The summed E-state index contributed by atoms with van der Waals surface area (Å²) < 4.78 is 34.1. The number of hydrogen-bond donors (Lipinski definition) is 0. The monoisotopic (exact) mass is 223 g/mol. The minimum Gasteiger partial charge on any atom is -0.759 e. The van der Waals surface area contributed by atoms with Crippen molar-refractivity contribution in [3.8, 4) is 0 Å². The minimum atomic E-state index is -5.17. The van der Waals surface area contributed by atoms with Gasteiger partial charge < -0.3 is 9.11 Å². The second-order valence-electron chi connectivity index (χ2n) is 0.408. The van der Waals surface area contributed by atoms with Crippen molar-refractivity contribution in [1.82, 2.24) is 0 Å². The van der Waals surface area contributed by atoms with Crippen molar-refractivity contribution >= 4 is 10.4 Å². The van der Waals surface area contributed by atoms with Gasteiger partial charge in [-0.05, 0) is 0 Å². The summed E-state index contributed by atoms with van der Waals surface area (Å²) in [5.74, 6) is 0. The van der Waals surface area contributed by atoms with Crippen LogP contribution in [0.25, 0.3) is 0 Å². The van der Waals surface area contributed by atoms with Crippen molar-refractivity contribution in [2.24, 2.45) is 0 Å². The topological polar surface area (TPSA) is 80.3 Å². The fourth-order valence-corrected chi connectivity index (χ4v) is 0. The van der Waals surface area contributed by atoms with E-state index in [2.05, 4.69) is 0 Å². The molecule has 0 saturated heterocycles. The van der Waals surface area contributed by atoms with E-state index in [1.807, 2.05) is 0 Å². The molecule has 0 radical (unpaired) electrons. The van der Waals surface area contributed by atoms with Gasteiger partial charge in [0.1, 0.15) is 0 Å². The summed E-state index contributed by atoms with van der Waals surface area (Å²) in [4.78, 5) is 0. The average Bonchev–Trinajstić information content (AvgIpc) is 0.722. The molecule has 4 nitrogen and oxygen atoms in total. The van der Waals surface area contributed by atoms with Crippen LogP contribution in [0, 0.1) is 0 Å². The first kappa shape index (κ1) is 15.7. The fraction of sp³-hybridized carbons (Fsp3) is 0. The first-order chi connectivity index (χ1) is 2.00. The first-order valence-electron chi connectivity index (χ1n) is 0.667. The molecule has 0 aromatic heterocycles. The molecule has 0 bridgehead atoms. The predicted molar refractivity (Wildman–Crippen MR) is 10.5 cm³/mol. The Hall–Kier alpha value is 1.01. The van der Waals surface area contributed by atoms with E-state index in [-0.39, 0.29) is 36.5 Å². The third-order valence-electron chi connectivity index (χ3n) is 0. The summed E-state index contributed by atoms with van der Waals surface area (Å²) in [6, 6.07) is 0. The van der Waals surface area contributed by atoms with Crippen LogP contribution in [0.5, 0.6) is 0 Å². The van der Waals surface area contributed by atoms with E-state index in [0.717, 1.165) is 0 Å². The maximum atomic E-state index is 8.52. The molecule has 0 saturated carbocycles. The summed E-state index contributed by atoms with van der Waals surface area (Å²) in [5, 5.41) is 0. The van der Waals surface area contributed by atoms with Crippen molar-refractivity contribution < 1.29 is 54.1 Å². The van der Waals surface area contributed by atoms with Crippen LogP contribution in [0.2, 0.25) is 0 Å². The van der Waals surface area contributed by atoms with E-state index in [1.54, 1.807) is 0 Å². The second-order valence-corrected chi connectivity index (χ2v) is 1.22. The molecule has 0 aromatic rings. The van der Waals surface area contributed by atoms with Crippen molar-refractivity contribution in [2.75, 3.05) is 0 Å². The molecular formula is CuO4SZn+. The zero-order valence-electron chi connectivity index (χ0n) is 3.05. The SMILES string of the molecule is O=S(=O)([O-])[O-].[Cu+].[Zn+2]. The minimum absolute atomic E-state index is 0. The molecule has 0 heterocycles. The Morgan fingerprint density at radius 3 is 1.14 bits per heavy atom. The molecular weight excluding hydrogens is 225 g/mol. The van der Waals surface area contributed by atoms with E-state index >= 15 is 0 Å². The van der Waals surface area contributed by atoms with Gasteiger partial charge in [-0.2, -0.15) is 0 Å². The number of hydrogen-bond acceptors (Lipinski definition) is 4. The zero-order chi connectivity index (χ0) is 4.50. The number of rotatable bonds is 0. The Kier molecular flexibility index (Phi) is 11.5. The van der Waals surface area contributed by atoms with Crippen molar-refractivity contribution in [3.05, 3.63) is 0 Å². The van der Waals surface area contributed by atoms with Crippen LogP contribution >= 0.6 is 0 Å². The molecule has 0 aromatic carbocycles. The van der Waals surface area contributed by atoms with E-state index in [1.165, 1.54) is 0 Å². The summed E-state index contributed by atoms with van der Waals surface area (Å²) in [6.45, 7) is 0. The Bertz CT molecular complexity index is 94.9. The second kappa shape index (κ2) is 5.16. The van der Waals surface area contributed by atoms with Crippen LogP contribution in [-0.2, 0) is 46.9 Å². The Morgan fingerprint density at radius 2 is 1.14 bits per heavy atom. The van der Waals surface area contributed by atoms with E-state index in [0.29, 0.717) is 0 Å². The molecule has 0 aliphatic carbocycles. The maximum Gasteiger partial charge on any atom is 2.00 e. The van der Waals surface area contributed by atoms with Crippen molar-refractivity contribution in [2.45, 2.75) is 0 Å². The third kappa shape index (κ3) is 172. The van der Waals surface area contributed by atoms with Gasteiger partial charge in [0.25, 0.3) is 0 Å². The van der Waals surface area contributed by atoms with E-state index in [4.69, 9.17) is 17.5 Å². The van der Waals surface area contributed by atoms with Gasteiger partial charge >= 0.3 is 36.5 Å². The fourth-order valence-electron chi connectivity index (χ4n) is 0. The van der Waals surface area contributed by atoms with Crippen LogP contribution in [0.15, 0.2) is 0 Å². The van der Waals surface area contributed by atoms with Crippen LogP contribution in [0.1, 0.15) is 0 Å². The molecule has 42 valence electrons. The molecule has 7 heteroatoms. The van der Waals surface area contributed by atoms with Gasteiger partial charge in [0.2, 0.25) is 0 Å². The Labute approximate surface area is 64.5 Å². The van der Waals surface area contributed by atoms with Gasteiger partial charge in [0.05, 0.1) is 0 Å². The smallest absolute Gasteiger partial charge is 0.759 e. The Balaban J connectivity index is -0.0000000800. The molecule has 0 unspecified atom stereocenters.